The first-order chi connectivity index (χ1) is 6.33. The summed E-state index contributed by atoms with van der Waals surface area (Å²) < 4.78 is 0. The lowest BCUT2D eigenvalue weighted by Crippen LogP contribution is -2.23. The molecule has 0 saturated heterocycles. The number of hydrogen-bond acceptors (Lipinski definition) is 3. The highest BCUT2D eigenvalue weighted by molar-refractivity contribution is 6.10. The summed E-state index contributed by atoms with van der Waals surface area (Å²) in [7, 11) is 0. The topological polar surface area (TPSA) is 77.5 Å². The van der Waals surface area contributed by atoms with Gasteiger partial charge >= 0.3 is 0 Å². The van der Waals surface area contributed by atoms with Gasteiger partial charge in [0, 0.05) is 24.7 Å². The van der Waals surface area contributed by atoms with E-state index in [2.05, 4.69) is 15.5 Å². The summed E-state index contributed by atoms with van der Waals surface area (Å²) in [6.07, 6.45) is 2.20. The second-order valence-electron chi connectivity index (χ2n) is 2.82. The van der Waals surface area contributed by atoms with E-state index < -0.39 is 0 Å². The predicted molar refractivity (Wildman–Crippen MR) is 46.1 cm³/mol. The quantitative estimate of drug-likeness (QED) is 0.396. The Morgan fingerprint density at radius 2 is 2.38 bits per heavy atom. The molecule has 1 aliphatic heterocycles. The molecule has 5 heteroatoms. The van der Waals surface area contributed by atoms with Crippen LogP contribution in [0.25, 0.3) is 0 Å². The number of carbonyl (C=O) groups is 1. The number of nitrogens with one attached hydrogen (secondary N) is 2. The van der Waals surface area contributed by atoms with Gasteiger partial charge in [-0.1, -0.05) is 5.16 Å². The normalized spacial score (nSPS) is 19.4. The summed E-state index contributed by atoms with van der Waals surface area (Å²) in [4.78, 5) is 14.2. The lowest BCUT2D eigenvalue weighted by molar-refractivity contribution is 0.0952. The number of aromatic nitrogens is 1. The van der Waals surface area contributed by atoms with Gasteiger partial charge in [0.05, 0.1) is 5.71 Å². The fraction of sp³-hybridized carbons (Fsp3) is 0.250. The smallest absolute Gasteiger partial charge is 0.268 e. The summed E-state index contributed by atoms with van der Waals surface area (Å²) >= 11 is 0. The molecule has 1 aromatic rings. The highest BCUT2D eigenvalue weighted by atomic mass is 16.4. The molecule has 1 aromatic heterocycles. The first-order valence-electron chi connectivity index (χ1n) is 4.00. The van der Waals surface area contributed by atoms with Gasteiger partial charge in [-0.05, 0) is 6.07 Å². The molecule has 0 unspecified atom stereocenters. The van der Waals surface area contributed by atoms with E-state index in [1.54, 1.807) is 12.3 Å². The van der Waals surface area contributed by atoms with Crippen LogP contribution in [-0.4, -0.2) is 28.4 Å². The zero-order chi connectivity index (χ0) is 9.26. The second-order valence-corrected chi connectivity index (χ2v) is 2.82. The third kappa shape index (κ3) is 1.18. The number of fused-ring (bicyclic) bond motifs is 1. The van der Waals surface area contributed by atoms with Crippen molar-refractivity contribution in [2.75, 3.05) is 6.54 Å². The van der Waals surface area contributed by atoms with Crippen molar-refractivity contribution in [2.24, 2.45) is 5.16 Å². The standard InChI is InChI=1S/C8H9N3O2/c12-8-7-5(1-3-9-7)6(11-13)2-4-10-8/h1,3,9,13H,2,4H2,(H,10,12)/b11-6+. The molecule has 5 nitrogen and oxygen atoms in total. The molecule has 0 radical (unpaired) electrons. The van der Waals surface area contributed by atoms with Gasteiger partial charge in [0.2, 0.25) is 0 Å². The number of carbonyl (C=O) groups excluding carboxylic acids is 1. The molecular formula is C8H9N3O2. The molecule has 1 aliphatic rings. The number of aromatic amines is 1. The van der Waals surface area contributed by atoms with Crippen LogP contribution >= 0.6 is 0 Å². The fourth-order valence-electron chi connectivity index (χ4n) is 1.42. The van der Waals surface area contributed by atoms with Gasteiger partial charge in [-0.15, -0.1) is 0 Å². The van der Waals surface area contributed by atoms with Crippen LogP contribution < -0.4 is 5.32 Å². The van der Waals surface area contributed by atoms with E-state index in [-0.39, 0.29) is 5.91 Å². The van der Waals surface area contributed by atoms with Crippen LogP contribution in [0.2, 0.25) is 0 Å². The number of nitrogens with zero attached hydrogens (tertiary/aromatic N) is 1. The molecule has 0 saturated carbocycles. The Kier molecular flexibility index (Phi) is 1.77. The molecule has 0 aliphatic carbocycles. The van der Waals surface area contributed by atoms with Crippen molar-refractivity contribution in [1.29, 1.82) is 0 Å². The van der Waals surface area contributed by atoms with Gasteiger partial charge in [0.15, 0.2) is 0 Å². The number of rotatable bonds is 0. The maximum atomic E-state index is 11.3. The van der Waals surface area contributed by atoms with Gasteiger partial charge < -0.3 is 15.5 Å². The zero-order valence-electron chi connectivity index (χ0n) is 6.87. The molecule has 0 bridgehead atoms. The van der Waals surface area contributed by atoms with Crippen LogP contribution in [0.5, 0.6) is 0 Å². The fourth-order valence-corrected chi connectivity index (χ4v) is 1.42. The summed E-state index contributed by atoms with van der Waals surface area (Å²) in [5.74, 6) is -0.154. The van der Waals surface area contributed by atoms with Crippen molar-refractivity contribution < 1.29 is 10.0 Å². The Morgan fingerprint density at radius 3 is 3.15 bits per heavy atom. The number of amides is 1. The van der Waals surface area contributed by atoms with Crippen molar-refractivity contribution in [3.05, 3.63) is 23.5 Å². The highest BCUT2D eigenvalue weighted by Gasteiger charge is 2.20. The molecule has 1 amide bonds. The summed E-state index contributed by atoms with van der Waals surface area (Å²) in [6, 6.07) is 1.73. The molecule has 0 spiro atoms. The lowest BCUT2D eigenvalue weighted by Gasteiger charge is -1.96. The minimum absolute atomic E-state index is 0.154. The van der Waals surface area contributed by atoms with E-state index in [9.17, 15) is 4.79 Å². The average Bonchev–Trinajstić information content (AvgIpc) is 2.55. The van der Waals surface area contributed by atoms with E-state index in [0.29, 0.717) is 29.9 Å². The van der Waals surface area contributed by atoms with Gasteiger partial charge in [0.1, 0.15) is 5.69 Å². The minimum atomic E-state index is -0.154. The summed E-state index contributed by atoms with van der Waals surface area (Å²) in [6.45, 7) is 0.501. The number of oxime groups is 1. The van der Waals surface area contributed by atoms with Crippen molar-refractivity contribution in [3.8, 4) is 0 Å². The molecule has 0 aromatic carbocycles. The van der Waals surface area contributed by atoms with Crippen LogP contribution in [0.1, 0.15) is 22.5 Å². The second kappa shape index (κ2) is 2.93. The third-order valence-corrected chi connectivity index (χ3v) is 2.05. The molecule has 3 N–H and O–H groups in total. The first-order valence-corrected chi connectivity index (χ1v) is 4.00. The molecular weight excluding hydrogens is 170 g/mol. The number of hydrogen-bond donors (Lipinski definition) is 3. The largest absolute Gasteiger partial charge is 0.411 e. The van der Waals surface area contributed by atoms with E-state index in [4.69, 9.17) is 5.21 Å². The summed E-state index contributed by atoms with van der Waals surface area (Å²) in [5.41, 5.74) is 1.68. The van der Waals surface area contributed by atoms with Gasteiger partial charge in [0.25, 0.3) is 5.91 Å². The highest BCUT2D eigenvalue weighted by Crippen LogP contribution is 2.12. The molecule has 2 rings (SSSR count). The van der Waals surface area contributed by atoms with Gasteiger partial charge in [-0.2, -0.15) is 0 Å². The van der Waals surface area contributed by atoms with Gasteiger partial charge in [-0.25, -0.2) is 0 Å². The maximum absolute atomic E-state index is 11.3. The Bertz CT molecular complexity index is 367. The molecule has 0 fully saturated rings. The molecule has 68 valence electrons. The van der Waals surface area contributed by atoms with Crippen molar-refractivity contribution in [2.45, 2.75) is 6.42 Å². The summed E-state index contributed by atoms with van der Waals surface area (Å²) in [5, 5.41) is 14.6. The van der Waals surface area contributed by atoms with E-state index >= 15 is 0 Å². The molecule has 2 heterocycles. The van der Waals surface area contributed by atoms with Crippen LogP contribution in [-0.2, 0) is 0 Å². The van der Waals surface area contributed by atoms with Crippen LogP contribution in [0.4, 0.5) is 0 Å². The van der Waals surface area contributed by atoms with Gasteiger partial charge in [-0.3, -0.25) is 4.79 Å². The first kappa shape index (κ1) is 7.85. The zero-order valence-corrected chi connectivity index (χ0v) is 6.87. The van der Waals surface area contributed by atoms with Crippen molar-refractivity contribution in [1.82, 2.24) is 10.3 Å². The Hall–Kier alpha value is -1.78. The number of H-pyrrole nitrogens is 1. The SMILES string of the molecule is O=C1NCC/C(=N\O)c2cc[nH]c21. The Morgan fingerprint density at radius 1 is 1.54 bits per heavy atom. The minimum Gasteiger partial charge on any atom is -0.411 e. The Balaban J connectivity index is 2.53. The van der Waals surface area contributed by atoms with Crippen molar-refractivity contribution in [3.63, 3.8) is 0 Å². The monoisotopic (exact) mass is 179 g/mol. The average molecular weight is 179 g/mol. The predicted octanol–water partition coefficient (Wildman–Crippen LogP) is 0.326. The maximum Gasteiger partial charge on any atom is 0.268 e. The van der Waals surface area contributed by atoms with Crippen molar-refractivity contribution >= 4 is 11.6 Å². The van der Waals surface area contributed by atoms with Crippen LogP contribution in [0.15, 0.2) is 17.4 Å². The lowest BCUT2D eigenvalue weighted by atomic mass is 10.1. The van der Waals surface area contributed by atoms with Crippen LogP contribution in [0.3, 0.4) is 0 Å². The van der Waals surface area contributed by atoms with E-state index in [1.165, 1.54) is 0 Å². The Labute approximate surface area is 74.4 Å². The van der Waals surface area contributed by atoms with Crippen LogP contribution in [0, 0.1) is 0 Å². The third-order valence-electron chi connectivity index (χ3n) is 2.05. The molecule has 13 heavy (non-hydrogen) atoms. The van der Waals surface area contributed by atoms with E-state index in [1.807, 2.05) is 0 Å². The molecule has 0 atom stereocenters. The van der Waals surface area contributed by atoms with E-state index in [0.717, 1.165) is 0 Å².